The Hall–Kier alpha value is -4.17. The highest BCUT2D eigenvalue weighted by molar-refractivity contribution is 6.48. The first-order chi connectivity index (χ1) is 22.3. The number of carbonyl (C=O) groups excluding carboxylic acids is 2. The average Bonchev–Trinajstić information content (AvgIpc) is 3.09. The van der Waals surface area contributed by atoms with Crippen molar-refractivity contribution in [3.63, 3.8) is 0 Å². The molecule has 3 unspecified atom stereocenters. The Morgan fingerprint density at radius 2 is 1.83 bits per heavy atom. The van der Waals surface area contributed by atoms with Crippen LogP contribution in [0.4, 0.5) is 0 Å². The van der Waals surface area contributed by atoms with E-state index in [0.29, 0.717) is 25.9 Å². The van der Waals surface area contributed by atoms with E-state index in [2.05, 4.69) is 54.5 Å². The van der Waals surface area contributed by atoms with Gasteiger partial charge in [0.15, 0.2) is 0 Å². The van der Waals surface area contributed by atoms with Crippen molar-refractivity contribution in [1.82, 2.24) is 10.6 Å². The van der Waals surface area contributed by atoms with Crippen molar-refractivity contribution in [2.24, 2.45) is 15.4 Å². The molecule has 2 aliphatic heterocycles. The second kappa shape index (κ2) is 22.4. The number of amides is 1. The zero-order valence-electron chi connectivity index (χ0n) is 28.4. The number of aliphatic imine (C=N–C) groups is 2. The summed E-state index contributed by atoms with van der Waals surface area (Å²) in [6.45, 7) is 18.0. The van der Waals surface area contributed by atoms with Crippen LogP contribution in [0.2, 0.25) is 0 Å². The Bertz CT molecular complexity index is 1290. The summed E-state index contributed by atoms with van der Waals surface area (Å²) in [5.41, 5.74) is 4.62. The first kappa shape index (κ1) is 39.9. The Morgan fingerprint density at radius 3 is 2.46 bits per heavy atom. The van der Waals surface area contributed by atoms with Crippen molar-refractivity contribution in [2.75, 3.05) is 19.6 Å². The van der Waals surface area contributed by atoms with Gasteiger partial charge in [-0.3, -0.25) is 19.6 Å². The number of allylic oxidation sites excluding steroid dienone is 4. The van der Waals surface area contributed by atoms with E-state index in [1.54, 1.807) is 6.08 Å². The first-order valence-electron chi connectivity index (χ1n) is 16.3. The summed E-state index contributed by atoms with van der Waals surface area (Å²) in [6, 6.07) is 9.86. The number of nitrogens with zero attached hydrogens (tertiary/aromatic N) is 2. The Kier molecular flexibility index (Phi) is 19.4. The summed E-state index contributed by atoms with van der Waals surface area (Å²) < 4.78 is 0. The molecule has 3 N–H and O–H groups in total. The largest absolute Gasteiger partial charge is 0.481 e. The van der Waals surface area contributed by atoms with Crippen molar-refractivity contribution >= 4 is 30.1 Å². The molecule has 3 rings (SSSR count). The second-order valence-corrected chi connectivity index (χ2v) is 10.9. The zero-order valence-corrected chi connectivity index (χ0v) is 28.4. The maximum Gasteiger partial charge on any atom is 0.303 e. The molecule has 46 heavy (non-hydrogen) atoms. The molecule has 1 aromatic carbocycles. The van der Waals surface area contributed by atoms with E-state index < -0.39 is 5.97 Å². The molecule has 0 fully saturated rings. The van der Waals surface area contributed by atoms with Crippen LogP contribution >= 0.6 is 0 Å². The smallest absolute Gasteiger partial charge is 0.303 e. The van der Waals surface area contributed by atoms with E-state index in [4.69, 9.17) is 19.9 Å². The third-order valence-electron chi connectivity index (χ3n) is 8.05. The number of carboxylic acid groups (broad SMARTS) is 1. The second-order valence-electron chi connectivity index (χ2n) is 10.9. The molecule has 8 nitrogen and oxygen atoms in total. The number of hydrogen-bond donors (Lipinski definition) is 3. The van der Waals surface area contributed by atoms with Gasteiger partial charge in [-0.25, -0.2) is 0 Å². The van der Waals surface area contributed by atoms with Crippen LogP contribution in [0.1, 0.15) is 78.7 Å². The van der Waals surface area contributed by atoms with Crippen LogP contribution in [0.15, 0.2) is 101 Å². The molecule has 0 aliphatic carbocycles. The molecule has 2 aliphatic rings. The van der Waals surface area contributed by atoms with Crippen LogP contribution in [0, 0.1) is 5.41 Å². The molecule has 1 amide bonds. The summed E-state index contributed by atoms with van der Waals surface area (Å²) in [4.78, 5) is 41.6. The van der Waals surface area contributed by atoms with Gasteiger partial charge in [0.05, 0.1) is 23.5 Å². The van der Waals surface area contributed by atoms with Gasteiger partial charge in [-0.05, 0) is 58.1 Å². The molecule has 250 valence electrons. The van der Waals surface area contributed by atoms with Crippen LogP contribution in [0.5, 0.6) is 0 Å². The lowest BCUT2D eigenvalue weighted by Crippen LogP contribution is -2.45. The quantitative estimate of drug-likeness (QED) is 0.105. The van der Waals surface area contributed by atoms with E-state index in [9.17, 15) is 9.59 Å². The zero-order chi connectivity index (χ0) is 34.4. The van der Waals surface area contributed by atoms with Crippen molar-refractivity contribution in [3.05, 3.63) is 96.2 Å². The summed E-state index contributed by atoms with van der Waals surface area (Å²) in [7, 11) is 0. The number of benzene rings is 1. The molecule has 0 saturated carbocycles. The Morgan fingerprint density at radius 1 is 1.13 bits per heavy atom. The van der Waals surface area contributed by atoms with Gasteiger partial charge in [0, 0.05) is 36.1 Å². The van der Waals surface area contributed by atoms with Gasteiger partial charge in [-0.15, -0.1) is 0 Å². The molecule has 0 aromatic heterocycles. The van der Waals surface area contributed by atoms with E-state index >= 15 is 0 Å². The minimum Gasteiger partial charge on any atom is -0.481 e. The number of carboxylic acids is 1. The maximum atomic E-state index is 12.3. The minimum absolute atomic E-state index is 0.00161. The van der Waals surface area contributed by atoms with Gasteiger partial charge in [0.1, 0.15) is 6.79 Å². The molecule has 3 atom stereocenters. The molecule has 0 radical (unpaired) electrons. The molecule has 2 heterocycles. The third kappa shape index (κ3) is 12.0. The lowest BCUT2D eigenvalue weighted by Gasteiger charge is -2.39. The predicted molar refractivity (Wildman–Crippen MR) is 192 cm³/mol. The van der Waals surface area contributed by atoms with E-state index in [1.165, 1.54) is 0 Å². The highest BCUT2D eigenvalue weighted by Gasteiger charge is 2.37. The van der Waals surface area contributed by atoms with Crippen LogP contribution in [-0.4, -0.2) is 66.9 Å². The number of hydrogen-bond acceptors (Lipinski definition) is 6. The monoisotopic (exact) mass is 630 g/mol. The first-order valence-corrected chi connectivity index (χ1v) is 16.3. The molecular formula is C38H54N4O4. The van der Waals surface area contributed by atoms with E-state index in [0.717, 1.165) is 53.9 Å². The van der Waals surface area contributed by atoms with Crippen molar-refractivity contribution in [3.8, 4) is 0 Å². The standard InChI is InChI=1S/C35H46N4O3.C2H6.CH2O/c1-5-8-18-28-26(4)34(42)37-25-35(28,7-3)22-24-36-23-14-20-30-29(15-6-2)39-33(27-16-10-9-11-17-27)31(38-30)19-12-13-21-32(40)41;2*1-2/h5-6,8-11,14-18,20,29-30,36H,1,7,12-13,19,21-25H2,2-4H3,(H,37,42)(H,40,41);1-2H3;1H2/b15-6-,18-8-,20-14+;;. The van der Waals surface area contributed by atoms with Gasteiger partial charge >= 0.3 is 5.97 Å². The van der Waals surface area contributed by atoms with Crippen LogP contribution < -0.4 is 10.6 Å². The third-order valence-corrected chi connectivity index (χ3v) is 8.05. The highest BCUT2D eigenvalue weighted by atomic mass is 16.4. The van der Waals surface area contributed by atoms with Crippen molar-refractivity contribution < 1.29 is 19.5 Å². The van der Waals surface area contributed by atoms with Crippen LogP contribution in [0.3, 0.4) is 0 Å². The number of unbranched alkanes of at least 4 members (excludes halogenated alkanes) is 1. The fourth-order valence-electron chi connectivity index (χ4n) is 5.62. The lowest BCUT2D eigenvalue weighted by atomic mass is 9.71. The van der Waals surface area contributed by atoms with Gasteiger partial charge in [0.2, 0.25) is 5.91 Å². The van der Waals surface area contributed by atoms with E-state index in [1.807, 2.05) is 70.9 Å². The fourth-order valence-corrected chi connectivity index (χ4v) is 5.62. The number of nitrogens with one attached hydrogen (secondary N) is 2. The topological polar surface area (TPSA) is 120 Å². The van der Waals surface area contributed by atoms with Crippen LogP contribution in [0.25, 0.3) is 0 Å². The van der Waals surface area contributed by atoms with Gasteiger partial charge in [-0.1, -0.05) is 100 Å². The molecular weight excluding hydrogens is 576 g/mol. The molecule has 1 aromatic rings. The van der Waals surface area contributed by atoms with Gasteiger partial charge in [-0.2, -0.15) is 0 Å². The minimum atomic E-state index is -0.771. The van der Waals surface area contributed by atoms with Crippen LogP contribution in [-0.2, 0) is 14.4 Å². The molecule has 0 spiro atoms. The fraction of sp³-hybridized carbons (Fsp3) is 0.447. The summed E-state index contributed by atoms with van der Waals surface area (Å²) in [6.07, 6.45) is 18.1. The SMILES string of the molecule is C=C/C=C\C1=C(C)C(=O)NCC1(CC)CCNC/C=C/C1N=C(CCCCC(=O)O)C(c2ccccc2)=NC1/C=C\C.C=O.CC. The average molecular weight is 631 g/mol. The lowest BCUT2D eigenvalue weighted by molar-refractivity contribution is -0.137. The Balaban J connectivity index is 0.00000254. The Labute approximate surface area is 276 Å². The molecule has 0 saturated heterocycles. The predicted octanol–water partition coefficient (Wildman–Crippen LogP) is 6.85. The number of carbonyl (C=O) groups is 3. The van der Waals surface area contributed by atoms with Gasteiger partial charge < -0.3 is 20.5 Å². The maximum absolute atomic E-state index is 12.3. The summed E-state index contributed by atoms with van der Waals surface area (Å²) in [5.74, 6) is -0.769. The number of rotatable bonds is 16. The molecule has 8 heteroatoms. The number of aliphatic carboxylic acids is 1. The van der Waals surface area contributed by atoms with Gasteiger partial charge in [0.25, 0.3) is 0 Å². The summed E-state index contributed by atoms with van der Waals surface area (Å²) >= 11 is 0. The molecule has 0 bridgehead atoms. The van der Waals surface area contributed by atoms with E-state index in [-0.39, 0.29) is 29.8 Å². The normalized spacial score (nSPS) is 21.2. The highest BCUT2D eigenvalue weighted by Crippen LogP contribution is 2.39. The van der Waals surface area contributed by atoms with Crippen molar-refractivity contribution in [1.29, 1.82) is 0 Å². The summed E-state index contributed by atoms with van der Waals surface area (Å²) in [5, 5.41) is 15.7. The van der Waals surface area contributed by atoms with Crippen molar-refractivity contribution in [2.45, 2.75) is 85.2 Å².